The van der Waals surface area contributed by atoms with E-state index in [2.05, 4.69) is 47.3 Å². The minimum atomic E-state index is 0.230. The van der Waals surface area contributed by atoms with Crippen LogP contribution >= 0.6 is 15.9 Å². The number of benzene rings is 1. The molecule has 19 heavy (non-hydrogen) atoms. The first-order valence-electron chi connectivity index (χ1n) is 6.92. The number of hydrogen-bond acceptors (Lipinski definition) is 3. The van der Waals surface area contributed by atoms with E-state index in [0.29, 0.717) is 5.92 Å². The van der Waals surface area contributed by atoms with Gasteiger partial charge in [0.2, 0.25) is 0 Å². The molecule has 0 amide bonds. The minimum absolute atomic E-state index is 0.230. The van der Waals surface area contributed by atoms with Crippen LogP contribution in [-0.4, -0.2) is 13.2 Å². The summed E-state index contributed by atoms with van der Waals surface area (Å²) in [5.74, 6) is 6.47. The highest BCUT2D eigenvalue weighted by Gasteiger charge is 2.20. The Morgan fingerprint density at radius 1 is 1.32 bits per heavy atom. The molecule has 0 aliphatic carbocycles. The van der Waals surface area contributed by atoms with Crippen LogP contribution in [0.4, 0.5) is 0 Å². The van der Waals surface area contributed by atoms with Gasteiger partial charge in [-0.3, -0.25) is 11.3 Å². The Morgan fingerprint density at radius 2 is 1.89 bits per heavy atom. The Bertz CT molecular complexity index is 407. The Kier molecular flexibility index (Phi) is 5.39. The zero-order chi connectivity index (χ0) is 13.8. The van der Waals surface area contributed by atoms with Crippen LogP contribution in [0.2, 0.25) is 0 Å². The molecule has 0 aromatic heterocycles. The van der Waals surface area contributed by atoms with E-state index >= 15 is 0 Å². The molecule has 0 radical (unpaired) electrons. The van der Waals surface area contributed by atoms with Gasteiger partial charge in [0, 0.05) is 23.7 Å². The number of hydrogen-bond donors (Lipinski definition) is 2. The molecule has 3 nitrogen and oxygen atoms in total. The number of ether oxygens (including phenoxy) is 1. The van der Waals surface area contributed by atoms with Crippen molar-refractivity contribution in [3.8, 4) is 0 Å². The van der Waals surface area contributed by atoms with Crippen LogP contribution < -0.4 is 11.3 Å². The number of hydrazine groups is 1. The Labute approximate surface area is 124 Å². The van der Waals surface area contributed by atoms with Crippen molar-refractivity contribution < 1.29 is 4.74 Å². The van der Waals surface area contributed by atoms with Gasteiger partial charge in [0.25, 0.3) is 0 Å². The summed E-state index contributed by atoms with van der Waals surface area (Å²) in [5, 5.41) is 0. The summed E-state index contributed by atoms with van der Waals surface area (Å²) in [7, 11) is 0. The van der Waals surface area contributed by atoms with E-state index in [1.165, 1.54) is 21.2 Å². The molecule has 1 atom stereocenters. The van der Waals surface area contributed by atoms with Crippen LogP contribution in [0.15, 0.2) is 16.6 Å². The molecule has 1 heterocycles. The average molecular weight is 327 g/mol. The largest absolute Gasteiger partial charge is 0.381 e. The lowest BCUT2D eigenvalue weighted by atomic mass is 9.89. The van der Waals surface area contributed by atoms with Crippen LogP contribution in [0, 0.1) is 19.8 Å². The minimum Gasteiger partial charge on any atom is -0.381 e. The molecular weight excluding hydrogens is 304 g/mol. The van der Waals surface area contributed by atoms with E-state index in [-0.39, 0.29) is 6.04 Å². The fourth-order valence-electron chi connectivity index (χ4n) is 2.80. The van der Waals surface area contributed by atoms with E-state index in [1.54, 1.807) is 0 Å². The van der Waals surface area contributed by atoms with Gasteiger partial charge in [-0.05, 0) is 55.7 Å². The fraction of sp³-hybridized carbons (Fsp3) is 0.600. The van der Waals surface area contributed by atoms with E-state index < -0.39 is 0 Å². The normalized spacial score (nSPS) is 18.5. The van der Waals surface area contributed by atoms with Crippen molar-refractivity contribution in [3.05, 3.63) is 33.3 Å². The van der Waals surface area contributed by atoms with Crippen molar-refractivity contribution in [3.63, 3.8) is 0 Å². The number of aryl methyl sites for hydroxylation is 2. The van der Waals surface area contributed by atoms with Crippen molar-refractivity contribution in [2.75, 3.05) is 13.2 Å². The van der Waals surface area contributed by atoms with E-state index in [4.69, 9.17) is 10.6 Å². The van der Waals surface area contributed by atoms with Gasteiger partial charge >= 0.3 is 0 Å². The summed E-state index contributed by atoms with van der Waals surface area (Å²) in [4.78, 5) is 0. The van der Waals surface area contributed by atoms with Crippen LogP contribution in [-0.2, 0) is 4.74 Å². The van der Waals surface area contributed by atoms with Gasteiger partial charge in [-0.15, -0.1) is 0 Å². The second-order valence-electron chi connectivity index (χ2n) is 5.48. The van der Waals surface area contributed by atoms with Crippen molar-refractivity contribution in [1.82, 2.24) is 5.43 Å². The number of nitrogens with one attached hydrogen (secondary N) is 1. The van der Waals surface area contributed by atoms with Gasteiger partial charge < -0.3 is 4.74 Å². The smallest absolute Gasteiger partial charge is 0.0468 e. The Morgan fingerprint density at radius 3 is 2.42 bits per heavy atom. The van der Waals surface area contributed by atoms with Crippen molar-refractivity contribution in [2.45, 2.75) is 39.2 Å². The molecule has 0 saturated carbocycles. The third-order valence-electron chi connectivity index (χ3n) is 3.97. The molecule has 0 spiro atoms. The van der Waals surface area contributed by atoms with E-state index in [0.717, 1.165) is 32.5 Å². The lowest BCUT2D eigenvalue weighted by Crippen LogP contribution is -2.31. The third-order valence-corrected chi connectivity index (χ3v) is 5.22. The van der Waals surface area contributed by atoms with Crippen LogP contribution in [0.5, 0.6) is 0 Å². The zero-order valence-corrected chi connectivity index (χ0v) is 13.3. The summed E-state index contributed by atoms with van der Waals surface area (Å²) in [6, 6.07) is 4.68. The van der Waals surface area contributed by atoms with Gasteiger partial charge in [-0.25, -0.2) is 0 Å². The van der Waals surface area contributed by atoms with Crippen molar-refractivity contribution in [2.24, 2.45) is 11.8 Å². The molecule has 1 fully saturated rings. The summed E-state index contributed by atoms with van der Waals surface area (Å²) in [6.07, 6.45) is 3.37. The van der Waals surface area contributed by atoms with E-state index in [9.17, 15) is 0 Å². The molecule has 1 aromatic carbocycles. The van der Waals surface area contributed by atoms with Gasteiger partial charge in [0.1, 0.15) is 0 Å². The first kappa shape index (κ1) is 15.0. The maximum atomic E-state index is 5.77. The van der Waals surface area contributed by atoms with E-state index in [1.807, 2.05) is 0 Å². The molecule has 2 rings (SSSR count). The van der Waals surface area contributed by atoms with Crippen LogP contribution in [0.25, 0.3) is 0 Å². The number of rotatable bonds is 4. The summed E-state index contributed by atoms with van der Waals surface area (Å²) < 4.78 is 6.61. The monoisotopic (exact) mass is 326 g/mol. The molecule has 1 saturated heterocycles. The molecule has 0 bridgehead atoms. The lowest BCUT2D eigenvalue weighted by Gasteiger charge is -2.27. The predicted molar refractivity (Wildman–Crippen MR) is 81.8 cm³/mol. The second-order valence-corrected chi connectivity index (χ2v) is 6.27. The first-order valence-corrected chi connectivity index (χ1v) is 7.71. The first-order chi connectivity index (χ1) is 9.11. The van der Waals surface area contributed by atoms with Gasteiger partial charge in [0.15, 0.2) is 0 Å². The molecule has 106 valence electrons. The Hall–Kier alpha value is -0.420. The fourth-order valence-corrected chi connectivity index (χ4v) is 3.03. The van der Waals surface area contributed by atoms with Gasteiger partial charge in [0.05, 0.1) is 0 Å². The molecule has 1 unspecified atom stereocenters. The SMILES string of the molecule is Cc1cc(C(CC2CCOCC2)NN)cc(C)c1Br. The highest BCUT2D eigenvalue weighted by Crippen LogP contribution is 2.30. The van der Waals surface area contributed by atoms with Crippen LogP contribution in [0.3, 0.4) is 0 Å². The van der Waals surface area contributed by atoms with Gasteiger partial charge in [-0.2, -0.15) is 0 Å². The quantitative estimate of drug-likeness (QED) is 0.658. The standard InChI is InChI=1S/C15H23BrN2O/c1-10-7-13(8-11(2)15(10)16)14(18-17)9-12-3-5-19-6-4-12/h7-8,12,14,18H,3-6,9,17H2,1-2H3. The molecule has 3 N–H and O–H groups in total. The van der Waals surface area contributed by atoms with Gasteiger partial charge in [-0.1, -0.05) is 28.1 Å². The maximum Gasteiger partial charge on any atom is 0.0468 e. The highest BCUT2D eigenvalue weighted by molar-refractivity contribution is 9.10. The third kappa shape index (κ3) is 3.78. The molecule has 1 aliphatic heterocycles. The summed E-state index contributed by atoms with van der Waals surface area (Å²) in [6.45, 7) is 6.03. The predicted octanol–water partition coefficient (Wildman–Crippen LogP) is 3.39. The lowest BCUT2D eigenvalue weighted by molar-refractivity contribution is 0.0605. The number of nitrogens with two attached hydrogens (primary N) is 1. The van der Waals surface area contributed by atoms with Crippen molar-refractivity contribution in [1.29, 1.82) is 0 Å². The van der Waals surface area contributed by atoms with Crippen LogP contribution in [0.1, 0.15) is 42.0 Å². The topological polar surface area (TPSA) is 47.3 Å². The Balaban J connectivity index is 2.12. The van der Waals surface area contributed by atoms with Crippen molar-refractivity contribution >= 4 is 15.9 Å². The summed E-state index contributed by atoms with van der Waals surface area (Å²) >= 11 is 3.61. The molecule has 1 aliphatic rings. The zero-order valence-electron chi connectivity index (χ0n) is 11.7. The maximum absolute atomic E-state index is 5.77. The number of halogens is 1. The second kappa shape index (κ2) is 6.84. The summed E-state index contributed by atoms with van der Waals surface area (Å²) in [5.41, 5.74) is 6.80. The molecule has 4 heteroatoms. The highest BCUT2D eigenvalue weighted by atomic mass is 79.9. The molecular formula is C15H23BrN2O. The average Bonchev–Trinajstić information content (AvgIpc) is 2.42. The molecule has 1 aromatic rings.